The monoisotopic (exact) mass is 234 g/mol. The van der Waals surface area contributed by atoms with Crippen molar-refractivity contribution in [1.82, 2.24) is 9.88 Å². The van der Waals surface area contributed by atoms with E-state index in [4.69, 9.17) is 0 Å². The summed E-state index contributed by atoms with van der Waals surface area (Å²) in [4.78, 5) is 11.8. The number of pyridine rings is 1. The molecule has 94 valence electrons. The van der Waals surface area contributed by atoms with Crippen molar-refractivity contribution in [3.05, 3.63) is 33.7 Å². The predicted octanol–water partition coefficient (Wildman–Crippen LogP) is 1.58. The molecule has 3 heteroatoms. The Balaban J connectivity index is 2.01. The fourth-order valence-electron chi connectivity index (χ4n) is 2.46. The molecule has 0 fully saturated rings. The summed E-state index contributed by atoms with van der Waals surface area (Å²) in [6.45, 7) is 7.09. The summed E-state index contributed by atoms with van der Waals surface area (Å²) >= 11 is 0. The lowest BCUT2D eigenvalue weighted by Gasteiger charge is -2.13. The smallest absolute Gasteiger partial charge is 0.250 e. The Morgan fingerprint density at radius 3 is 2.94 bits per heavy atom. The Bertz CT molecular complexity index is 434. The number of fused-ring (bicyclic) bond motifs is 1. The van der Waals surface area contributed by atoms with Gasteiger partial charge in [-0.1, -0.05) is 19.9 Å². The highest BCUT2D eigenvalue weighted by Gasteiger charge is 2.15. The van der Waals surface area contributed by atoms with Crippen molar-refractivity contribution in [2.75, 3.05) is 13.1 Å². The van der Waals surface area contributed by atoms with E-state index in [1.54, 1.807) is 6.07 Å². The van der Waals surface area contributed by atoms with Gasteiger partial charge in [0.15, 0.2) is 0 Å². The van der Waals surface area contributed by atoms with Gasteiger partial charge in [0.1, 0.15) is 0 Å². The second-order valence-electron chi connectivity index (χ2n) is 5.25. The standard InChI is InChI=1S/C14H22N2O/c1-11(2)10-15-8-9-16-13-5-3-4-12(13)6-7-14(16)17/h6-7,11,15H,3-5,8-10H2,1-2H3. The highest BCUT2D eigenvalue weighted by atomic mass is 16.1. The predicted molar refractivity (Wildman–Crippen MR) is 70.4 cm³/mol. The van der Waals surface area contributed by atoms with Gasteiger partial charge in [0.2, 0.25) is 0 Å². The zero-order valence-corrected chi connectivity index (χ0v) is 10.8. The van der Waals surface area contributed by atoms with E-state index in [2.05, 4.69) is 19.2 Å². The molecule has 1 aliphatic rings. The molecule has 0 spiro atoms. The van der Waals surface area contributed by atoms with E-state index in [1.807, 2.05) is 10.6 Å². The van der Waals surface area contributed by atoms with Crippen LogP contribution in [0.25, 0.3) is 0 Å². The normalized spacial score (nSPS) is 14.3. The SMILES string of the molecule is CC(C)CNCCn1c2c(ccc1=O)CCC2. The molecule has 0 saturated carbocycles. The number of rotatable bonds is 5. The largest absolute Gasteiger partial charge is 0.315 e. The van der Waals surface area contributed by atoms with Crippen LogP contribution in [0.1, 0.15) is 31.5 Å². The molecule has 0 atom stereocenters. The summed E-state index contributed by atoms with van der Waals surface area (Å²) in [6, 6.07) is 3.72. The Kier molecular flexibility index (Phi) is 4.00. The van der Waals surface area contributed by atoms with Gasteiger partial charge in [0.05, 0.1) is 0 Å². The number of hydrogen-bond acceptors (Lipinski definition) is 2. The molecule has 3 nitrogen and oxygen atoms in total. The van der Waals surface area contributed by atoms with E-state index < -0.39 is 0 Å². The summed E-state index contributed by atoms with van der Waals surface area (Å²) in [5.41, 5.74) is 2.79. The summed E-state index contributed by atoms with van der Waals surface area (Å²) in [7, 11) is 0. The first-order valence-corrected chi connectivity index (χ1v) is 6.61. The quantitative estimate of drug-likeness (QED) is 0.785. The highest BCUT2D eigenvalue weighted by molar-refractivity contribution is 5.25. The molecule has 2 rings (SSSR count). The van der Waals surface area contributed by atoms with Crippen molar-refractivity contribution >= 4 is 0 Å². The zero-order chi connectivity index (χ0) is 12.3. The summed E-state index contributed by atoms with van der Waals surface area (Å²) in [5.74, 6) is 0.660. The molecule has 1 aromatic rings. The van der Waals surface area contributed by atoms with E-state index in [0.717, 1.165) is 32.5 Å². The van der Waals surface area contributed by atoms with Gasteiger partial charge in [0.25, 0.3) is 5.56 Å². The second-order valence-corrected chi connectivity index (χ2v) is 5.25. The van der Waals surface area contributed by atoms with Crippen LogP contribution >= 0.6 is 0 Å². The van der Waals surface area contributed by atoms with Crippen LogP contribution < -0.4 is 10.9 Å². The molecular weight excluding hydrogens is 212 g/mol. The van der Waals surface area contributed by atoms with E-state index in [0.29, 0.717) is 5.92 Å². The molecule has 17 heavy (non-hydrogen) atoms. The number of aryl methyl sites for hydroxylation is 1. The van der Waals surface area contributed by atoms with E-state index >= 15 is 0 Å². The molecule has 0 saturated heterocycles. The van der Waals surface area contributed by atoms with Crippen molar-refractivity contribution in [1.29, 1.82) is 0 Å². The van der Waals surface area contributed by atoms with Crippen LogP contribution in [-0.2, 0) is 19.4 Å². The van der Waals surface area contributed by atoms with Crippen LogP contribution in [0, 0.1) is 5.92 Å². The second kappa shape index (κ2) is 5.50. The first kappa shape index (κ1) is 12.4. The fourth-order valence-corrected chi connectivity index (χ4v) is 2.46. The van der Waals surface area contributed by atoms with Crippen molar-refractivity contribution in [3.8, 4) is 0 Å². The first-order chi connectivity index (χ1) is 8.18. The lowest BCUT2D eigenvalue weighted by atomic mass is 10.2. The van der Waals surface area contributed by atoms with Gasteiger partial charge in [0, 0.05) is 24.8 Å². The number of nitrogens with zero attached hydrogens (tertiary/aromatic N) is 1. The van der Waals surface area contributed by atoms with Crippen LogP contribution in [0.2, 0.25) is 0 Å². The summed E-state index contributed by atoms with van der Waals surface area (Å²) < 4.78 is 1.95. The first-order valence-electron chi connectivity index (χ1n) is 6.61. The molecule has 0 amide bonds. The fraction of sp³-hybridized carbons (Fsp3) is 0.643. The maximum Gasteiger partial charge on any atom is 0.250 e. The summed E-state index contributed by atoms with van der Waals surface area (Å²) in [6.07, 6.45) is 3.39. The Morgan fingerprint density at radius 2 is 2.18 bits per heavy atom. The molecule has 0 bridgehead atoms. The average Bonchev–Trinajstić information content (AvgIpc) is 2.74. The summed E-state index contributed by atoms with van der Waals surface area (Å²) in [5, 5.41) is 3.39. The Hall–Kier alpha value is -1.09. The van der Waals surface area contributed by atoms with E-state index in [9.17, 15) is 4.79 Å². The minimum atomic E-state index is 0.150. The van der Waals surface area contributed by atoms with Crippen molar-refractivity contribution < 1.29 is 0 Å². The van der Waals surface area contributed by atoms with Gasteiger partial charge in [-0.15, -0.1) is 0 Å². The van der Waals surface area contributed by atoms with Gasteiger partial charge >= 0.3 is 0 Å². The van der Waals surface area contributed by atoms with Crippen LogP contribution in [0.4, 0.5) is 0 Å². The lowest BCUT2D eigenvalue weighted by Crippen LogP contribution is -2.30. The third-order valence-corrected chi connectivity index (χ3v) is 3.31. The number of aromatic nitrogens is 1. The van der Waals surface area contributed by atoms with Crippen molar-refractivity contribution in [3.63, 3.8) is 0 Å². The van der Waals surface area contributed by atoms with Gasteiger partial charge in [-0.05, 0) is 37.3 Å². The topological polar surface area (TPSA) is 34.0 Å². The lowest BCUT2D eigenvalue weighted by molar-refractivity contribution is 0.514. The third-order valence-electron chi connectivity index (χ3n) is 3.31. The molecule has 1 heterocycles. The maximum absolute atomic E-state index is 11.8. The van der Waals surface area contributed by atoms with Crippen LogP contribution in [0.3, 0.4) is 0 Å². The van der Waals surface area contributed by atoms with Gasteiger partial charge in [-0.3, -0.25) is 4.79 Å². The minimum absolute atomic E-state index is 0.150. The van der Waals surface area contributed by atoms with Crippen LogP contribution in [0.5, 0.6) is 0 Å². The van der Waals surface area contributed by atoms with E-state index in [1.165, 1.54) is 17.7 Å². The average molecular weight is 234 g/mol. The zero-order valence-electron chi connectivity index (χ0n) is 10.8. The maximum atomic E-state index is 11.8. The minimum Gasteiger partial charge on any atom is -0.315 e. The molecular formula is C14H22N2O. The molecule has 0 aromatic carbocycles. The van der Waals surface area contributed by atoms with Gasteiger partial charge in [-0.2, -0.15) is 0 Å². The van der Waals surface area contributed by atoms with E-state index in [-0.39, 0.29) is 5.56 Å². The molecule has 0 radical (unpaired) electrons. The Labute approximate surface area is 103 Å². The Morgan fingerprint density at radius 1 is 1.35 bits per heavy atom. The van der Waals surface area contributed by atoms with Crippen molar-refractivity contribution in [2.45, 2.75) is 39.7 Å². The molecule has 0 aliphatic heterocycles. The molecule has 1 N–H and O–H groups in total. The third kappa shape index (κ3) is 2.97. The molecule has 1 aliphatic carbocycles. The van der Waals surface area contributed by atoms with Gasteiger partial charge < -0.3 is 9.88 Å². The molecule has 1 aromatic heterocycles. The van der Waals surface area contributed by atoms with Gasteiger partial charge in [-0.25, -0.2) is 0 Å². The van der Waals surface area contributed by atoms with Crippen LogP contribution in [-0.4, -0.2) is 17.7 Å². The highest BCUT2D eigenvalue weighted by Crippen LogP contribution is 2.19. The molecule has 0 unspecified atom stereocenters. The number of nitrogens with one attached hydrogen (secondary N) is 1. The number of hydrogen-bond donors (Lipinski definition) is 1. The van der Waals surface area contributed by atoms with Crippen molar-refractivity contribution in [2.24, 2.45) is 5.92 Å². The van der Waals surface area contributed by atoms with Crippen LogP contribution in [0.15, 0.2) is 16.9 Å².